The number of carboxylic acids is 1. The van der Waals surface area contributed by atoms with Crippen molar-refractivity contribution in [2.24, 2.45) is 5.73 Å². The molecular formula is C35H37BrN2O5. The molecule has 1 amide bonds. The number of ether oxygens (including phenoxy) is 2. The number of carbonyl (C=O) groups is 2. The number of rotatable bonds is 11. The van der Waals surface area contributed by atoms with E-state index in [9.17, 15) is 9.59 Å². The number of nitrogens with zero attached hydrogens (tertiary/aromatic N) is 1. The maximum Gasteiger partial charge on any atom is 0.303 e. The van der Waals surface area contributed by atoms with Crippen LogP contribution in [0, 0.1) is 0 Å². The third-order valence-corrected chi connectivity index (χ3v) is 7.56. The van der Waals surface area contributed by atoms with Gasteiger partial charge in [-0.15, -0.1) is 0 Å². The number of halogens is 1. The van der Waals surface area contributed by atoms with Crippen molar-refractivity contribution >= 4 is 27.8 Å². The summed E-state index contributed by atoms with van der Waals surface area (Å²) < 4.78 is 12.5. The maximum absolute atomic E-state index is 11.3. The molecule has 4 aromatic rings. The van der Waals surface area contributed by atoms with E-state index in [1.54, 1.807) is 12.1 Å². The monoisotopic (exact) mass is 644 g/mol. The molecule has 0 aromatic heterocycles. The predicted molar refractivity (Wildman–Crippen MR) is 173 cm³/mol. The SMILES string of the molecule is NC(=O)c1cc(Br)ccc1OCCN1CCCCC1.O=C(O)CCc1ccc(-c2ccccc2Oc2ccccc2)cc1. The summed E-state index contributed by atoms with van der Waals surface area (Å²) in [4.78, 5) is 24.4. The van der Waals surface area contributed by atoms with Gasteiger partial charge in [0.15, 0.2) is 0 Å². The number of nitrogens with two attached hydrogens (primary N) is 1. The van der Waals surface area contributed by atoms with E-state index >= 15 is 0 Å². The van der Waals surface area contributed by atoms with Crippen molar-refractivity contribution in [2.45, 2.75) is 32.1 Å². The number of aryl methyl sites for hydroxylation is 1. The van der Waals surface area contributed by atoms with Crippen molar-refractivity contribution in [2.75, 3.05) is 26.2 Å². The van der Waals surface area contributed by atoms with Crippen molar-refractivity contribution < 1.29 is 24.2 Å². The lowest BCUT2D eigenvalue weighted by Gasteiger charge is -2.26. The minimum absolute atomic E-state index is 0.146. The van der Waals surface area contributed by atoms with Crippen molar-refractivity contribution in [1.82, 2.24) is 4.90 Å². The summed E-state index contributed by atoms with van der Waals surface area (Å²) in [6.45, 7) is 3.77. The topological polar surface area (TPSA) is 102 Å². The first-order valence-electron chi connectivity index (χ1n) is 14.5. The quantitative estimate of drug-likeness (QED) is 0.174. The summed E-state index contributed by atoms with van der Waals surface area (Å²) in [5.41, 5.74) is 8.84. The fourth-order valence-electron chi connectivity index (χ4n) is 4.80. The number of hydrogen-bond donors (Lipinski definition) is 2. The Morgan fingerprint density at radius 3 is 2.23 bits per heavy atom. The molecule has 0 unspecified atom stereocenters. The Kier molecular flexibility index (Phi) is 12.2. The lowest BCUT2D eigenvalue weighted by Crippen LogP contribution is -2.33. The second kappa shape index (κ2) is 16.5. The van der Waals surface area contributed by atoms with Gasteiger partial charge >= 0.3 is 5.97 Å². The van der Waals surface area contributed by atoms with E-state index in [4.69, 9.17) is 20.3 Å². The molecule has 1 aliphatic rings. The fourth-order valence-corrected chi connectivity index (χ4v) is 5.16. The normalized spacial score (nSPS) is 13.0. The van der Waals surface area contributed by atoms with Crippen molar-refractivity contribution in [1.29, 1.82) is 0 Å². The van der Waals surface area contributed by atoms with Gasteiger partial charge in [-0.05, 0) is 79.9 Å². The predicted octanol–water partition coefficient (Wildman–Crippen LogP) is 7.58. The molecule has 1 aliphatic heterocycles. The van der Waals surface area contributed by atoms with Crippen LogP contribution in [0.2, 0.25) is 0 Å². The molecule has 0 saturated carbocycles. The van der Waals surface area contributed by atoms with Crippen LogP contribution in [0.4, 0.5) is 0 Å². The number of benzene rings is 4. The standard InChI is InChI=1S/C21H18O3.C14H19BrN2O2/c22-21(23)15-12-16-10-13-17(14-11-16)19-8-4-5-9-20(19)24-18-6-2-1-3-7-18;15-11-4-5-13(12(10-11)14(16)18)19-9-8-17-6-2-1-3-7-17/h1-11,13-14H,12,15H2,(H,22,23);4-5,10H,1-3,6-9H2,(H2,16,18). The lowest BCUT2D eigenvalue weighted by molar-refractivity contribution is -0.136. The number of primary amides is 1. The molecule has 0 spiro atoms. The highest BCUT2D eigenvalue weighted by molar-refractivity contribution is 9.10. The highest BCUT2D eigenvalue weighted by atomic mass is 79.9. The lowest BCUT2D eigenvalue weighted by atomic mass is 10.0. The summed E-state index contributed by atoms with van der Waals surface area (Å²) in [6.07, 6.45) is 4.55. The fraction of sp³-hybridized carbons (Fsp3) is 0.257. The molecule has 7 nitrogen and oxygen atoms in total. The number of amides is 1. The molecule has 43 heavy (non-hydrogen) atoms. The molecule has 4 aromatic carbocycles. The first kappa shape index (κ1) is 31.8. The maximum atomic E-state index is 11.3. The van der Waals surface area contributed by atoms with Crippen LogP contribution < -0.4 is 15.2 Å². The number of aliphatic carboxylic acids is 1. The van der Waals surface area contributed by atoms with Crippen molar-refractivity contribution in [3.63, 3.8) is 0 Å². The largest absolute Gasteiger partial charge is 0.491 e. The molecule has 0 bridgehead atoms. The molecule has 0 radical (unpaired) electrons. The Bertz CT molecular complexity index is 1470. The third-order valence-electron chi connectivity index (χ3n) is 7.07. The number of piperidine rings is 1. The summed E-state index contributed by atoms with van der Waals surface area (Å²) in [5.74, 6) is 0.910. The van der Waals surface area contributed by atoms with Crippen LogP contribution in [0.15, 0.2) is 102 Å². The molecule has 1 fully saturated rings. The minimum atomic E-state index is -0.777. The van der Waals surface area contributed by atoms with E-state index < -0.39 is 11.9 Å². The zero-order valence-electron chi connectivity index (χ0n) is 24.1. The van der Waals surface area contributed by atoms with Crippen LogP contribution in [0.5, 0.6) is 17.2 Å². The zero-order chi connectivity index (χ0) is 30.4. The smallest absolute Gasteiger partial charge is 0.303 e. The van der Waals surface area contributed by atoms with E-state index in [2.05, 4.69) is 20.8 Å². The molecule has 3 N–H and O–H groups in total. The number of carboxylic acid groups (broad SMARTS) is 1. The van der Waals surface area contributed by atoms with E-state index in [0.717, 1.165) is 52.3 Å². The summed E-state index contributed by atoms with van der Waals surface area (Å²) in [7, 11) is 0. The highest BCUT2D eigenvalue weighted by Crippen LogP contribution is 2.33. The molecule has 1 saturated heterocycles. The van der Waals surface area contributed by atoms with Gasteiger partial charge in [0.1, 0.15) is 23.9 Å². The van der Waals surface area contributed by atoms with Gasteiger partial charge < -0.3 is 20.3 Å². The molecular weight excluding hydrogens is 608 g/mol. The zero-order valence-corrected chi connectivity index (χ0v) is 25.7. The molecule has 0 aliphatic carbocycles. The average molecular weight is 646 g/mol. The van der Waals surface area contributed by atoms with Gasteiger partial charge in [0.05, 0.1) is 5.56 Å². The van der Waals surface area contributed by atoms with E-state index in [1.165, 1.54) is 19.3 Å². The van der Waals surface area contributed by atoms with Gasteiger partial charge in [0.25, 0.3) is 5.91 Å². The number of para-hydroxylation sites is 2. The minimum Gasteiger partial charge on any atom is -0.491 e. The van der Waals surface area contributed by atoms with E-state index in [1.807, 2.05) is 84.9 Å². The van der Waals surface area contributed by atoms with Gasteiger partial charge in [-0.3, -0.25) is 14.5 Å². The molecule has 224 valence electrons. The molecule has 5 rings (SSSR count). The number of carbonyl (C=O) groups excluding carboxylic acids is 1. The Morgan fingerprint density at radius 1 is 0.837 bits per heavy atom. The van der Waals surface area contributed by atoms with E-state index in [0.29, 0.717) is 24.3 Å². The Labute approximate surface area is 261 Å². The Hall–Kier alpha value is -4.14. The second-order valence-electron chi connectivity index (χ2n) is 10.3. The first-order valence-corrected chi connectivity index (χ1v) is 15.3. The van der Waals surface area contributed by atoms with Crippen LogP contribution in [0.1, 0.15) is 41.6 Å². The Morgan fingerprint density at radius 2 is 1.53 bits per heavy atom. The van der Waals surface area contributed by atoms with E-state index in [-0.39, 0.29) is 6.42 Å². The first-order chi connectivity index (χ1) is 20.9. The molecule has 8 heteroatoms. The van der Waals surface area contributed by atoms with Crippen LogP contribution in [-0.4, -0.2) is 48.1 Å². The number of hydrogen-bond acceptors (Lipinski definition) is 5. The second-order valence-corrected chi connectivity index (χ2v) is 11.2. The third kappa shape index (κ3) is 10.3. The van der Waals surface area contributed by atoms with Gasteiger partial charge in [-0.1, -0.05) is 83.0 Å². The summed E-state index contributed by atoms with van der Waals surface area (Å²) in [6, 6.07) is 30.8. The summed E-state index contributed by atoms with van der Waals surface area (Å²) in [5, 5.41) is 8.77. The van der Waals surface area contributed by atoms with Crippen molar-refractivity contribution in [3.8, 4) is 28.4 Å². The van der Waals surface area contributed by atoms with Crippen LogP contribution >= 0.6 is 15.9 Å². The average Bonchev–Trinajstić information content (AvgIpc) is 3.02. The van der Waals surface area contributed by atoms with Gasteiger partial charge in [-0.25, -0.2) is 0 Å². The highest BCUT2D eigenvalue weighted by Gasteiger charge is 2.13. The number of likely N-dealkylation sites (tertiary alicyclic amines) is 1. The van der Waals surface area contributed by atoms with Crippen molar-refractivity contribution in [3.05, 3.63) is 113 Å². The Balaban J connectivity index is 0.000000203. The van der Waals surface area contributed by atoms with Crippen LogP contribution in [-0.2, 0) is 11.2 Å². The van der Waals surface area contributed by atoms with Gasteiger partial charge in [0, 0.05) is 23.0 Å². The van der Waals surface area contributed by atoms with Crippen LogP contribution in [0.3, 0.4) is 0 Å². The van der Waals surface area contributed by atoms with Gasteiger partial charge in [0.2, 0.25) is 0 Å². The van der Waals surface area contributed by atoms with Crippen LogP contribution in [0.25, 0.3) is 11.1 Å². The molecule has 0 atom stereocenters. The molecule has 1 heterocycles. The van der Waals surface area contributed by atoms with Gasteiger partial charge in [-0.2, -0.15) is 0 Å². The summed E-state index contributed by atoms with van der Waals surface area (Å²) >= 11 is 3.32.